The van der Waals surface area contributed by atoms with Gasteiger partial charge in [0.1, 0.15) is 10.9 Å². The van der Waals surface area contributed by atoms with Crippen LogP contribution in [-0.4, -0.2) is 11.3 Å². The Morgan fingerprint density at radius 1 is 1.69 bits per heavy atom. The molecule has 13 heavy (non-hydrogen) atoms. The number of carbonyl (C=O) groups is 1. The molecule has 1 heterocycles. The molecule has 1 aromatic heterocycles. The highest BCUT2D eigenvalue weighted by Gasteiger charge is 2.23. The molecule has 1 aliphatic rings. The fraction of sp³-hybridized carbons (Fsp3) is 0.400. The maximum atomic E-state index is 10.8. The van der Waals surface area contributed by atoms with Crippen LogP contribution < -0.4 is 0 Å². The molecule has 0 bridgehead atoms. The highest BCUT2D eigenvalue weighted by Crippen LogP contribution is 2.33. The Kier molecular flexibility index (Phi) is 2.20. The van der Waals surface area contributed by atoms with E-state index in [-0.39, 0.29) is 0 Å². The summed E-state index contributed by atoms with van der Waals surface area (Å²) in [5.74, 6) is 0.492. The van der Waals surface area contributed by atoms with Crippen molar-refractivity contribution >= 4 is 22.2 Å². The van der Waals surface area contributed by atoms with E-state index in [0.29, 0.717) is 5.92 Å². The molecular formula is C10H10BrNO. The van der Waals surface area contributed by atoms with E-state index in [0.717, 1.165) is 40.6 Å². The summed E-state index contributed by atoms with van der Waals surface area (Å²) in [6.45, 7) is 2.15. The fourth-order valence-corrected chi connectivity index (χ4v) is 2.30. The van der Waals surface area contributed by atoms with Gasteiger partial charge in [-0.05, 0) is 46.3 Å². The summed E-state index contributed by atoms with van der Waals surface area (Å²) >= 11 is 3.31. The lowest BCUT2D eigenvalue weighted by Crippen LogP contribution is -1.97. The zero-order chi connectivity index (χ0) is 9.42. The lowest BCUT2D eigenvalue weighted by Gasteiger charge is -2.05. The summed E-state index contributed by atoms with van der Waals surface area (Å²) in [7, 11) is 0. The molecule has 2 nitrogen and oxygen atoms in total. The summed E-state index contributed by atoms with van der Waals surface area (Å²) in [6.07, 6.45) is 3.02. The molecule has 0 fully saturated rings. The maximum absolute atomic E-state index is 10.8. The van der Waals surface area contributed by atoms with Gasteiger partial charge in [-0.15, -0.1) is 0 Å². The summed E-state index contributed by atoms with van der Waals surface area (Å²) in [6, 6.07) is 1.80. The monoisotopic (exact) mass is 239 g/mol. The third-order valence-electron chi connectivity index (χ3n) is 2.58. The van der Waals surface area contributed by atoms with Crippen molar-refractivity contribution in [2.75, 3.05) is 0 Å². The van der Waals surface area contributed by atoms with Gasteiger partial charge in [0.05, 0.1) is 0 Å². The number of fused-ring (bicyclic) bond motifs is 1. The third-order valence-corrected chi connectivity index (χ3v) is 2.99. The average Bonchev–Trinajstić information content (AvgIpc) is 2.47. The van der Waals surface area contributed by atoms with E-state index in [9.17, 15) is 4.79 Å². The van der Waals surface area contributed by atoms with Gasteiger partial charge in [-0.3, -0.25) is 4.79 Å². The molecule has 1 atom stereocenters. The zero-order valence-electron chi connectivity index (χ0n) is 7.38. The van der Waals surface area contributed by atoms with Crippen molar-refractivity contribution in [3.05, 3.63) is 27.5 Å². The highest BCUT2D eigenvalue weighted by molar-refractivity contribution is 9.10. The first kappa shape index (κ1) is 8.88. The molecule has 3 heteroatoms. The Labute approximate surface area is 85.5 Å². The Hall–Kier alpha value is -0.700. The molecule has 1 unspecified atom stereocenters. The maximum Gasteiger partial charge on any atom is 0.150 e. The molecule has 0 amide bonds. The van der Waals surface area contributed by atoms with Crippen molar-refractivity contribution in [2.24, 2.45) is 0 Å². The topological polar surface area (TPSA) is 30.0 Å². The largest absolute Gasteiger partial charge is 0.298 e. The Morgan fingerprint density at radius 2 is 2.46 bits per heavy atom. The Morgan fingerprint density at radius 3 is 3.15 bits per heavy atom. The van der Waals surface area contributed by atoms with Gasteiger partial charge in [0.25, 0.3) is 0 Å². The van der Waals surface area contributed by atoms with Crippen LogP contribution in [0.2, 0.25) is 0 Å². The van der Waals surface area contributed by atoms with Gasteiger partial charge in [-0.2, -0.15) is 0 Å². The minimum Gasteiger partial charge on any atom is -0.298 e. The van der Waals surface area contributed by atoms with Crippen molar-refractivity contribution in [3.8, 4) is 0 Å². The first-order chi connectivity index (χ1) is 6.22. The van der Waals surface area contributed by atoms with Crippen molar-refractivity contribution < 1.29 is 4.79 Å². The lowest BCUT2D eigenvalue weighted by atomic mass is 10.1. The van der Waals surface area contributed by atoms with Crippen LogP contribution in [0, 0.1) is 0 Å². The average molecular weight is 240 g/mol. The van der Waals surface area contributed by atoms with Crippen LogP contribution in [0.25, 0.3) is 0 Å². The summed E-state index contributed by atoms with van der Waals surface area (Å²) in [5, 5.41) is 0. The van der Waals surface area contributed by atoms with Crippen LogP contribution in [0.4, 0.5) is 0 Å². The van der Waals surface area contributed by atoms with Gasteiger partial charge in [-0.25, -0.2) is 4.98 Å². The zero-order valence-corrected chi connectivity index (χ0v) is 8.97. The molecule has 0 spiro atoms. The van der Waals surface area contributed by atoms with Crippen molar-refractivity contribution in [1.29, 1.82) is 0 Å². The van der Waals surface area contributed by atoms with E-state index < -0.39 is 0 Å². The van der Waals surface area contributed by atoms with Gasteiger partial charge in [-0.1, -0.05) is 6.92 Å². The number of aromatic nitrogens is 1. The molecule has 68 valence electrons. The molecule has 0 saturated heterocycles. The third kappa shape index (κ3) is 1.41. The number of carbonyl (C=O) groups excluding carboxylic acids is 1. The molecular weight excluding hydrogens is 230 g/mol. The number of pyridine rings is 1. The normalized spacial score (nSPS) is 20.0. The van der Waals surface area contributed by atoms with Crippen molar-refractivity contribution in [2.45, 2.75) is 25.7 Å². The molecule has 0 N–H and O–H groups in total. The van der Waals surface area contributed by atoms with E-state index in [1.54, 1.807) is 6.07 Å². The van der Waals surface area contributed by atoms with Crippen LogP contribution in [0.15, 0.2) is 10.7 Å². The SMILES string of the molecule is CC1CCc2c(C=O)cc(Br)nc21. The Bertz CT molecular complexity index is 362. The van der Waals surface area contributed by atoms with Crippen LogP contribution in [-0.2, 0) is 6.42 Å². The van der Waals surface area contributed by atoms with Gasteiger partial charge in [0.2, 0.25) is 0 Å². The summed E-state index contributed by atoms with van der Waals surface area (Å²) in [4.78, 5) is 15.2. The van der Waals surface area contributed by atoms with E-state index in [1.807, 2.05) is 0 Å². The first-order valence-electron chi connectivity index (χ1n) is 4.37. The second-order valence-corrected chi connectivity index (χ2v) is 4.27. The molecule has 0 radical (unpaired) electrons. The first-order valence-corrected chi connectivity index (χ1v) is 5.16. The standard InChI is InChI=1S/C10H10BrNO/c1-6-2-3-8-7(5-13)4-9(11)12-10(6)8/h4-6H,2-3H2,1H3. The van der Waals surface area contributed by atoms with Gasteiger partial charge < -0.3 is 0 Å². The second kappa shape index (κ2) is 3.22. The van der Waals surface area contributed by atoms with Crippen molar-refractivity contribution in [1.82, 2.24) is 4.98 Å². The number of aldehydes is 1. The molecule has 1 aliphatic carbocycles. The predicted octanol–water partition coefficient (Wildman–Crippen LogP) is 2.71. The van der Waals surface area contributed by atoms with E-state index in [1.165, 1.54) is 0 Å². The van der Waals surface area contributed by atoms with Crippen LogP contribution in [0.5, 0.6) is 0 Å². The lowest BCUT2D eigenvalue weighted by molar-refractivity contribution is 0.112. The minimum absolute atomic E-state index is 0.492. The van der Waals surface area contributed by atoms with Gasteiger partial charge in [0.15, 0.2) is 0 Å². The number of nitrogens with zero attached hydrogens (tertiary/aromatic N) is 1. The smallest absolute Gasteiger partial charge is 0.150 e. The number of rotatable bonds is 1. The second-order valence-electron chi connectivity index (χ2n) is 3.46. The number of hydrogen-bond donors (Lipinski definition) is 0. The van der Waals surface area contributed by atoms with Crippen LogP contribution >= 0.6 is 15.9 Å². The van der Waals surface area contributed by atoms with E-state index in [4.69, 9.17) is 0 Å². The number of halogens is 1. The molecule has 0 saturated carbocycles. The number of hydrogen-bond acceptors (Lipinski definition) is 2. The molecule has 1 aromatic rings. The summed E-state index contributed by atoms with van der Waals surface area (Å²) in [5.41, 5.74) is 3.03. The molecule has 0 aromatic carbocycles. The highest BCUT2D eigenvalue weighted by atomic mass is 79.9. The van der Waals surface area contributed by atoms with Gasteiger partial charge in [0, 0.05) is 11.3 Å². The fourth-order valence-electron chi connectivity index (χ4n) is 1.86. The van der Waals surface area contributed by atoms with Gasteiger partial charge >= 0.3 is 0 Å². The van der Waals surface area contributed by atoms with E-state index in [2.05, 4.69) is 27.8 Å². The quantitative estimate of drug-likeness (QED) is 0.558. The predicted molar refractivity (Wildman–Crippen MR) is 54.1 cm³/mol. The van der Waals surface area contributed by atoms with E-state index >= 15 is 0 Å². The molecule has 0 aliphatic heterocycles. The Balaban J connectivity index is 2.62. The minimum atomic E-state index is 0.492. The van der Waals surface area contributed by atoms with Crippen molar-refractivity contribution in [3.63, 3.8) is 0 Å². The van der Waals surface area contributed by atoms with Crippen LogP contribution in [0.3, 0.4) is 0 Å². The van der Waals surface area contributed by atoms with Crippen LogP contribution in [0.1, 0.15) is 40.9 Å². The molecule has 2 rings (SSSR count). The summed E-state index contributed by atoms with van der Waals surface area (Å²) < 4.78 is 0.766.